The van der Waals surface area contributed by atoms with Crippen LogP contribution in [0.4, 0.5) is 10.1 Å². The third-order valence-corrected chi connectivity index (χ3v) is 2.98. The Hall–Kier alpha value is -1.92. The van der Waals surface area contributed by atoms with Crippen molar-refractivity contribution in [1.29, 1.82) is 0 Å². The van der Waals surface area contributed by atoms with E-state index < -0.39 is 0 Å². The number of nitrogens with two attached hydrogens (primary N) is 1. The van der Waals surface area contributed by atoms with Gasteiger partial charge in [-0.15, -0.1) is 0 Å². The molecular formula is C14H20FN5. The maximum Gasteiger partial charge on any atom is 0.204 e. The van der Waals surface area contributed by atoms with Gasteiger partial charge in [0.25, 0.3) is 0 Å². The van der Waals surface area contributed by atoms with Crippen LogP contribution in [0, 0.1) is 5.82 Å². The highest BCUT2D eigenvalue weighted by atomic mass is 19.1. The molecule has 0 aliphatic carbocycles. The molecule has 0 saturated carbocycles. The van der Waals surface area contributed by atoms with Gasteiger partial charge in [-0.2, -0.15) is 0 Å². The second-order valence-corrected chi connectivity index (χ2v) is 4.92. The monoisotopic (exact) mass is 277 g/mol. The largest absolute Gasteiger partial charge is 0.326 e. The minimum absolute atomic E-state index is 0.233. The van der Waals surface area contributed by atoms with Crippen LogP contribution in [0.3, 0.4) is 0 Å². The van der Waals surface area contributed by atoms with Crippen molar-refractivity contribution in [2.45, 2.75) is 6.17 Å². The number of benzene rings is 1. The van der Waals surface area contributed by atoms with E-state index in [2.05, 4.69) is 15.2 Å². The van der Waals surface area contributed by atoms with E-state index in [1.165, 1.54) is 12.1 Å². The highest BCUT2D eigenvalue weighted by molar-refractivity contribution is 5.94. The molecule has 0 radical (unpaired) electrons. The highest BCUT2D eigenvalue weighted by Gasteiger charge is 2.19. The van der Waals surface area contributed by atoms with E-state index in [-0.39, 0.29) is 12.0 Å². The van der Waals surface area contributed by atoms with Gasteiger partial charge in [0.2, 0.25) is 5.96 Å². The summed E-state index contributed by atoms with van der Waals surface area (Å²) in [4.78, 5) is 8.32. The average Bonchev–Trinajstić information content (AvgIpc) is 2.38. The van der Waals surface area contributed by atoms with Gasteiger partial charge in [-0.1, -0.05) is 6.07 Å². The van der Waals surface area contributed by atoms with E-state index in [0.29, 0.717) is 11.6 Å². The van der Waals surface area contributed by atoms with Gasteiger partial charge in [-0.25, -0.2) is 9.38 Å². The van der Waals surface area contributed by atoms with E-state index in [9.17, 15) is 4.39 Å². The van der Waals surface area contributed by atoms with Gasteiger partial charge in [0.15, 0.2) is 0 Å². The third-order valence-electron chi connectivity index (χ3n) is 2.98. The van der Waals surface area contributed by atoms with E-state index in [0.717, 1.165) is 13.1 Å². The average molecular weight is 277 g/mol. The van der Waals surface area contributed by atoms with Crippen LogP contribution in [0.5, 0.6) is 0 Å². The maximum atomic E-state index is 13.2. The fraction of sp³-hybridized carbons (Fsp3) is 0.357. The van der Waals surface area contributed by atoms with Crippen molar-refractivity contribution < 1.29 is 4.39 Å². The Labute approximate surface area is 118 Å². The molecule has 2 rings (SSSR count). The molecule has 108 valence electrons. The topological polar surface area (TPSA) is 56.9 Å². The van der Waals surface area contributed by atoms with Gasteiger partial charge in [0.1, 0.15) is 12.0 Å². The van der Waals surface area contributed by atoms with Crippen LogP contribution >= 0.6 is 0 Å². The number of aliphatic imine (C=N–C) groups is 1. The van der Waals surface area contributed by atoms with Crippen LogP contribution in [0.15, 0.2) is 41.5 Å². The Morgan fingerprint density at radius 1 is 1.45 bits per heavy atom. The number of nitrogens with one attached hydrogen (secondary N) is 1. The molecule has 1 heterocycles. The summed E-state index contributed by atoms with van der Waals surface area (Å²) >= 11 is 0. The van der Waals surface area contributed by atoms with Crippen LogP contribution in [-0.4, -0.2) is 49.1 Å². The first-order valence-corrected chi connectivity index (χ1v) is 6.50. The summed E-state index contributed by atoms with van der Waals surface area (Å²) in [6.07, 6.45) is 3.26. The summed E-state index contributed by atoms with van der Waals surface area (Å²) in [7, 11) is 4.00. The lowest BCUT2D eigenvalue weighted by Gasteiger charge is -2.33. The van der Waals surface area contributed by atoms with Crippen LogP contribution in [0.25, 0.3) is 0 Å². The molecule has 1 aliphatic rings. The van der Waals surface area contributed by atoms with Crippen molar-refractivity contribution in [2.75, 3.05) is 32.5 Å². The molecule has 5 nitrogen and oxygen atoms in total. The van der Waals surface area contributed by atoms with Crippen LogP contribution in [0.1, 0.15) is 0 Å². The first-order chi connectivity index (χ1) is 9.56. The fourth-order valence-electron chi connectivity index (χ4n) is 1.88. The standard InChI is InChI=1S/C14H20FN5/c1-19(2)8-9-20-13(16)6-7-17-14(20)18-12-5-3-4-11(15)10-12/h3-7,10,13H,8-9,16H2,1-2H3,(H,17,18). The summed E-state index contributed by atoms with van der Waals surface area (Å²) in [5.41, 5.74) is 6.72. The number of rotatable bonds is 4. The fourth-order valence-corrected chi connectivity index (χ4v) is 1.88. The lowest BCUT2D eigenvalue weighted by atomic mass is 10.3. The number of likely N-dealkylation sites (N-methyl/N-ethyl adjacent to an activating group) is 1. The van der Waals surface area contributed by atoms with Crippen LogP contribution in [-0.2, 0) is 0 Å². The van der Waals surface area contributed by atoms with E-state index >= 15 is 0 Å². The van der Waals surface area contributed by atoms with Gasteiger partial charge in [-0.3, -0.25) is 0 Å². The summed E-state index contributed by atoms with van der Waals surface area (Å²) < 4.78 is 13.2. The normalized spacial score (nSPS) is 18.4. The SMILES string of the molecule is CN(C)CCN1C(Nc2cccc(F)c2)=NC=CC1N. The summed E-state index contributed by atoms with van der Waals surface area (Å²) in [5.74, 6) is 0.346. The lowest BCUT2D eigenvalue weighted by Crippen LogP contribution is -2.51. The summed E-state index contributed by atoms with van der Waals surface area (Å²) in [5, 5.41) is 3.11. The predicted molar refractivity (Wildman–Crippen MR) is 79.8 cm³/mol. The van der Waals surface area contributed by atoms with Crippen molar-refractivity contribution >= 4 is 11.6 Å². The molecule has 6 heteroatoms. The maximum absolute atomic E-state index is 13.2. The Bertz CT molecular complexity index is 512. The molecule has 0 amide bonds. The van der Waals surface area contributed by atoms with Crippen molar-refractivity contribution in [3.05, 3.63) is 42.4 Å². The van der Waals surface area contributed by atoms with Crippen molar-refractivity contribution in [1.82, 2.24) is 9.80 Å². The molecule has 0 spiro atoms. The minimum Gasteiger partial charge on any atom is -0.326 e. The smallest absolute Gasteiger partial charge is 0.204 e. The molecule has 1 aliphatic heterocycles. The van der Waals surface area contributed by atoms with Crippen LogP contribution < -0.4 is 11.1 Å². The molecule has 0 saturated heterocycles. The molecule has 1 aromatic carbocycles. The van der Waals surface area contributed by atoms with Gasteiger partial charge < -0.3 is 20.9 Å². The van der Waals surface area contributed by atoms with Crippen LogP contribution in [0.2, 0.25) is 0 Å². The Balaban J connectivity index is 2.10. The third kappa shape index (κ3) is 3.79. The van der Waals surface area contributed by atoms with Crippen molar-refractivity contribution in [3.8, 4) is 0 Å². The quantitative estimate of drug-likeness (QED) is 0.870. The molecule has 0 aromatic heterocycles. The van der Waals surface area contributed by atoms with Gasteiger partial charge in [0.05, 0.1) is 0 Å². The van der Waals surface area contributed by atoms with Gasteiger partial charge in [-0.05, 0) is 38.4 Å². The first-order valence-electron chi connectivity index (χ1n) is 6.50. The Morgan fingerprint density at radius 3 is 2.95 bits per heavy atom. The zero-order valence-corrected chi connectivity index (χ0v) is 11.8. The number of halogens is 1. The molecule has 0 fully saturated rings. The lowest BCUT2D eigenvalue weighted by molar-refractivity contribution is 0.299. The highest BCUT2D eigenvalue weighted by Crippen LogP contribution is 2.12. The van der Waals surface area contributed by atoms with E-state index in [4.69, 9.17) is 5.73 Å². The van der Waals surface area contributed by atoms with Crippen molar-refractivity contribution in [2.24, 2.45) is 10.7 Å². The number of anilines is 1. The number of nitrogens with zero attached hydrogens (tertiary/aromatic N) is 3. The number of hydrogen-bond donors (Lipinski definition) is 2. The zero-order valence-electron chi connectivity index (χ0n) is 11.8. The summed E-state index contributed by atoms with van der Waals surface area (Å²) in [6.45, 7) is 1.59. The van der Waals surface area contributed by atoms with Gasteiger partial charge in [0, 0.05) is 25.0 Å². The zero-order chi connectivity index (χ0) is 14.5. The molecule has 20 heavy (non-hydrogen) atoms. The first kappa shape index (κ1) is 14.5. The Morgan fingerprint density at radius 2 is 2.25 bits per heavy atom. The Kier molecular flexibility index (Phi) is 4.70. The van der Waals surface area contributed by atoms with E-state index in [1.54, 1.807) is 18.3 Å². The predicted octanol–water partition coefficient (Wildman–Crippen LogP) is 1.27. The molecule has 1 atom stereocenters. The molecular weight excluding hydrogens is 257 g/mol. The molecule has 0 bridgehead atoms. The van der Waals surface area contributed by atoms with E-state index in [1.807, 2.05) is 25.1 Å². The van der Waals surface area contributed by atoms with Crippen molar-refractivity contribution in [3.63, 3.8) is 0 Å². The molecule has 3 N–H and O–H groups in total. The van der Waals surface area contributed by atoms with Gasteiger partial charge >= 0.3 is 0 Å². The number of hydrogen-bond acceptors (Lipinski definition) is 5. The number of guanidine groups is 1. The molecule has 1 unspecified atom stereocenters. The minimum atomic E-state index is -0.286. The second kappa shape index (κ2) is 6.49. The molecule has 1 aromatic rings. The second-order valence-electron chi connectivity index (χ2n) is 4.92. The summed E-state index contributed by atoms with van der Waals surface area (Å²) in [6, 6.07) is 6.28.